The minimum Gasteiger partial charge on any atom is -0.493 e. The number of benzene rings is 1. The zero-order valence-corrected chi connectivity index (χ0v) is 18.3. The Bertz CT molecular complexity index is 1260. The molecule has 1 aromatic carbocycles. The van der Waals surface area contributed by atoms with Gasteiger partial charge in [-0.05, 0) is 25.1 Å². The van der Waals surface area contributed by atoms with Gasteiger partial charge in [-0.2, -0.15) is 9.61 Å². The summed E-state index contributed by atoms with van der Waals surface area (Å²) in [5, 5.41) is 14.6. The van der Waals surface area contributed by atoms with E-state index in [9.17, 15) is 18.7 Å². The van der Waals surface area contributed by atoms with Crippen molar-refractivity contribution in [2.45, 2.75) is 13.8 Å². The van der Waals surface area contributed by atoms with Crippen molar-refractivity contribution >= 4 is 41.2 Å². The van der Waals surface area contributed by atoms with Crippen LogP contribution >= 0.6 is 0 Å². The molecule has 3 heterocycles. The Morgan fingerprint density at radius 3 is 2.57 bits per heavy atom. The van der Waals surface area contributed by atoms with Crippen molar-refractivity contribution in [2.24, 2.45) is 0 Å². The number of esters is 1. The molecule has 4 aromatic rings. The minimum absolute atomic E-state index is 0. The van der Waals surface area contributed by atoms with E-state index in [0.717, 1.165) is 12.1 Å². The van der Waals surface area contributed by atoms with Gasteiger partial charge in [-0.25, -0.2) is 18.7 Å². The molecule has 0 fully saturated rings. The molecule has 4 rings (SSSR count). The maximum atomic E-state index is 14.4. The first kappa shape index (κ1) is 21.8. The van der Waals surface area contributed by atoms with Gasteiger partial charge in [-0.15, -0.1) is 0 Å². The molecule has 7 nitrogen and oxygen atoms in total. The predicted molar refractivity (Wildman–Crippen MR) is 105 cm³/mol. The zero-order valence-electron chi connectivity index (χ0n) is 16.3. The molecule has 10 heteroatoms. The molecule has 30 heavy (non-hydrogen) atoms. The second-order valence-corrected chi connectivity index (χ2v) is 6.30. The molecule has 0 atom stereocenters. The number of aryl methyl sites for hydroxylation is 1. The van der Waals surface area contributed by atoms with E-state index in [1.165, 1.54) is 35.8 Å². The third-order valence-electron chi connectivity index (χ3n) is 4.23. The number of aromatic nitrogens is 4. The van der Waals surface area contributed by atoms with E-state index in [-0.39, 0.29) is 52.5 Å². The molecule has 0 spiro atoms. The van der Waals surface area contributed by atoms with Crippen molar-refractivity contribution in [3.63, 3.8) is 0 Å². The van der Waals surface area contributed by atoms with E-state index >= 15 is 0 Å². The summed E-state index contributed by atoms with van der Waals surface area (Å²) in [5.41, 5.74) is 1.95. The van der Waals surface area contributed by atoms with E-state index in [1.807, 2.05) is 0 Å². The molecule has 0 aliphatic heterocycles. The number of carbonyl (C=O) groups excluding carboxylic acids is 1. The van der Waals surface area contributed by atoms with E-state index in [4.69, 9.17) is 4.74 Å². The van der Waals surface area contributed by atoms with E-state index in [1.54, 1.807) is 13.0 Å². The third-order valence-corrected chi connectivity index (χ3v) is 4.23. The van der Waals surface area contributed by atoms with Crippen LogP contribution < -0.4 is 4.74 Å². The summed E-state index contributed by atoms with van der Waals surface area (Å²) in [6.45, 7) is 2.91. The molecule has 0 unspecified atom stereocenters. The van der Waals surface area contributed by atoms with Gasteiger partial charge >= 0.3 is 5.97 Å². The second-order valence-electron chi connectivity index (χ2n) is 6.30. The Balaban J connectivity index is 0.00000256. The first-order valence-electron chi connectivity index (χ1n) is 8.53. The first-order chi connectivity index (χ1) is 13.8. The standard InChI is InChI=1S/C20H14F2N4O3.Na/c1-10-19(14-5-4-13(21)7-15(14)22)20-24-16(8-18(28)26(20)25-10)12-3-6-17(23-9-12)29-11(2)27;/h3-9,28H,1-2H3;. The van der Waals surface area contributed by atoms with Gasteiger partial charge in [-0.3, -0.25) is 4.79 Å². The van der Waals surface area contributed by atoms with Gasteiger partial charge in [0.2, 0.25) is 11.8 Å². The largest absolute Gasteiger partial charge is 0.493 e. The Morgan fingerprint density at radius 1 is 1.17 bits per heavy atom. The van der Waals surface area contributed by atoms with Crippen LogP contribution in [0.3, 0.4) is 0 Å². The molecule has 0 amide bonds. The zero-order chi connectivity index (χ0) is 20.7. The minimum atomic E-state index is -0.762. The monoisotopic (exact) mass is 419 g/mol. The topological polar surface area (TPSA) is 89.6 Å². The van der Waals surface area contributed by atoms with Crippen molar-refractivity contribution in [3.05, 3.63) is 59.9 Å². The van der Waals surface area contributed by atoms with Gasteiger partial charge in [-0.1, -0.05) is 0 Å². The molecule has 0 bridgehead atoms. The SMILES string of the molecule is CC(=O)Oc1ccc(-c2cc(O)n3nc(C)c(-c4ccc(F)cc4F)c3n2)cn1.[Na]. The summed E-state index contributed by atoms with van der Waals surface area (Å²) in [7, 11) is 0. The summed E-state index contributed by atoms with van der Waals surface area (Å²) in [6.07, 6.45) is 1.43. The van der Waals surface area contributed by atoms with Crippen LogP contribution in [0.5, 0.6) is 11.8 Å². The van der Waals surface area contributed by atoms with Crippen LogP contribution in [-0.2, 0) is 4.79 Å². The van der Waals surface area contributed by atoms with Crippen LogP contribution in [0.2, 0.25) is 0 Å². The molecule has 1 radical (unpaired) electrons. The molecular weight excluding hydrogens is 405 g/mol. The third kappa shape index (κ3) is 4.04. The molecule has 0 saturated heterocycles. The van der Waals surface area contributed by atoms with Crippen molar-refractivity contribution in [1.82, 2.24) is 19.6 Å². The van der Waals surface area contributed by atoms with Crippen LogP contribution in [-0.4, -0.2) is 60.2 Å². The number of hydrogen-bond donors (Lipinski definition) is 1. The average Bonchev–Trinajstić information content (AvgIpc) is 2.99. The maximum absolute atomic E-state index is 14.4. The van der Waals surface area contributed by atoms with Crippen molar-refractivity contribution < 1.29 is 23.4 Å². The molecule has 0 saturated carbocycles. The molecule has 147 valence electrons. The molecular formula is C20H14F2N4NaO3. The van der Waals surface area contributed by atoms with Gasteiger partial charge in [0.25, 0.3) is 0 Å². The average molecular weight is 419 g/mol. The molecule has 3 aromatic heterocycles. The number of nitrogens with zero attached hydrogens (tertiary/aromatic N) is 4. The van der Waals surface area contributed by atoms with E-state index in [2.05, 4.69) is 15.1 Å². The second kappa shape index (κ2) is 8.47. The number of rotatable bonds is 3. The first-order valence-corrected chi connectivity index (χ1v) is 8.53. The van der Waals surface area contributed by atoms with Crippen LogP contribution in [0.25, 0.3) is 28.0 Å². The fourth-order valence-electron chi connectivity index (χ4n) is 3.00. The number of aromatic hydroxyl groups is 1. The smallest absolute Gasteiger partial charge is 0.309 e. The van der Waals surface area contributed by atoms with Crippen LogP contribution in [0, 0.1) is 18.6 Å². The summed E-state index contributed by atoms with van der Waals surface area (Å²) in [6, 6.07) is 7.71. The van der Waals surface area contributed by atoms with Crippen molar-refractivity contribution in [3.8, 4) is 34.1 Å². The fraction of sp³-hybridized carbons (Fsp3) is 0.100. The fourth-order valence-corrected chi connectivity index (χ4v) is 3.00. The normalized spacial score (nSPS) is 10.7. The van der Waals surface area contributed by atoms with Gasteiger partial charge in [0.15, 0.2) is 5.65 Å². The summed E-state index contributed by atoms with van der Waals surface area (Å²) in [4.78, 5) is 19.5. The number of hydrogen-bond acceptors (Lipinski definition) is 6. The number of fused-ring (bicyclic) bond motifs is 1. The number of pyridine rings is 1. The van der Waals surface area contributed by atoms with Crippen LogP contribution in [0.15, 0.2) is 42.6 Å². The van der Waals surface area contributed by atoms with Gasteiger partial charge < -0.3 is 9.84 Å². The van der Waals surface area contributed by atoms with E-state index < -0.39 is 17.6 Å². The Hall–Kier alpha value is -2.88. The van der Waals surface area contributed by atoms with Crippen molar-refractivity contribution in [2.75, 3.05) is 0 Å². The Morgan fingerprint density at radius 2 is 1.93 bits per heavy atom. The van der Waals surface area contributed by atoms with Crippen LogP contribution in [0.4, 0.5) is 8.78 Å². The Kier molecular flexibility index (Phi) is 6.16. The van der Waals surface area contributed by atoms with Gasteiger partial charge in [0.1, 0.15) is 11.6 Å². The summed E-state index contributed by atoms with van der Waals surface area (Å²) in [5.74, 6) is -2.05. The maximum Gasteiger partial charge on any atom is 0.309 e. The molecule has 0 aliphatic carbocycles. The molecule has 1 N–H and O–H groups in total. The van der Waals surface area contributed by atoms with E-state index in [0.29, 0.717) is 22.5 Å². The van der Waals surface area contributed by atoms with Crippen LogP contribution in [0.1, 0.15) is 12.6 Å². The number of carbonyl (C=O) groups is 1. The van der Waals surface area contributed by atoms with Crippen molar-refractivity contribution in [1.29, 1.82) is 0 Å². The Labute approximate surface area is 191 Å². The van der Waals surface area contributed by atoms with Gasteiger partial charge in [0, 0.05) is 72.0 Å². The quantitative estimate of drug-likeness (QED) is 0.405. The number of halogens is 2. The van der Waals surface area contributed by atoms with Gasteiger partial charge in [0.05, 0.1) is 17.0 Å². The summed E-state index contributed by atoms with van der Waals surface area (Å²) < 4.78 is 33.8. The number of ether oxygens (including phenoxy) is 1. The predicted octanol–water partition coefficient (Wildman–Crippen LogP) is 3.30. The summed E-state index contributed by atoms with van der Waals surface area (Å²) >= 11 is 0. The molecule has 0 aliphatic rings.